The van der Waals surface area contributed by atoms with Gasteiger partial charge in [0.2, 0.25) is 11.8 Å². The minimum Gasteiger partial charge on any atom is -0.468 e. The minimum atomic E-state index is -0.150. The Balaban J connectivity index is 1.90. The van der Waals surface area contributed by atoms with Gasteiger partial charge in [-0.2, -0.15) is 0 Å². The van der Waals surface area contributed by atoms with Crippen LogP contribution in [-0.2, 0) is 9.59 Å². The van der Waals surface area contributed by atoms with Gasteiger partial charge in [-0.1, -0.05) is 0 Å². The molecule has 1 fully saturated rings. The molecule has 1 aliphatic heterocycles. The highest BCUT2D eigenvalue weighted by molar-refractivity contribution is 5.83. The summed E-state index contributed by atoms with van der Waals surface area (Å²) in [6, 6.07) is 3.87. The Morgan fingerprint density at radius 3 is 2.71 bits per heavy atom. The Kier molecular flexibility index (Phi) is 5.38. The van der Waals surface area contributed by atoms with Crippen molar-refractivity contribution in [1.29, 1.82) is 0 Å². The highest BCUT2D eigenvalue weighted by atomic mass is 16.3. The van der Waals surface area contributed by atoms with Gasteiger partial charge in [-0.05, 0) is 38.1 Å². The molecule has 0 bridgehead atoms. The van der Waals surface area contributed by atoms with Gasteiger partial charge in [0, 0.05) is 20.5 Å². The average molecular weight is 293 g/mol. The number of amides is 2. The van der Waals surface area contributed by atoms with Gasteiger partial charge in [-0.15, -0.1) is 0 Å². The van der Waals surface area contributed by atoms with Crippen LogP contribution in [0.1, 0.15) is 31.6 Å². The molecule has 0 saturated carbocycles. The number of nitrogens with zero attached hydrogens (tertiary/aromatic N) is 2. The van der Waals surface area contributed by atoms with Crippen LogP contribution in [0.3, 0.4) is 0 Å². The Bertz CT molecular complexity index is 467. The molecule has 1 atom stereocenters. The number of carbonyl (C=O) groups excluding carboxylic acids is 2. The van der Waals surface area contributed by atoms with Crippen molar-refractivity contribution < 1.29 is 14.0 Å². The maximum absolute atomic E-state index is 11.9. The lowest BCUT2D eigenvalue weighted by Gasteiger charge is -2.26. The molecule has 0 unspecified atom stereocenters. The summed E-state index contributed by atoms with van der Waals surface area (Å²) in [6.07, 6.45) is 4.01. The van der Waals surface area contributed by atoms with Crippen molar-refractivity contribution in [3.63, 3.8) is 0 Å². The van der Waals surface area contributed by atoms with Gasteiger partial charge < -0.3 is 14.6 Å². The maximum atomic E-state index is 11.9. The molecule has 1 aliphatic rings. The van der Waals surface area contributed by atoms with E-state index in [1.165, 1.54) is 24.7 Å². The Morgan fingerprint density at radius 2 is 2.14 bits per heavy atom. The lowest BCUT2D eigenvalue weighted by molar-refractivity contribution is -0.133. The van der Waals surface area contributed by atoms with Crippen LogP contribution in [0.4, 0.5) is 0 Å². The summed E-state index contributed by atoms with van der Waals surface area (Å²) < 4.78 is 5.50. The van der Waals surface area contributed by atoms with Crippen LogP contribution < -0.4 is 5.32 Å². The number of likely N-dealkylation sites (tertiary alicyclic amines) is 1. The molecule has 2 heterocycles. The summed E-state index contributed by atoms with van der Waals surface area (Å²) in [5.41, 5.74) is 0. The summed E-state index contributed by atoms with van der Waals surface area (Å²) in [7, 11) is 1.62. The topological polar surface area (TPSA) is 65.8 Å². The van der Waals surface area contributed by atoms with Crippen LogP contribution in [0.15, 0.2) is 22.8 Å². The summed E-state index contributed by atoms with van der Waals surface area (Å²) in [4.78, 5) is 26.8. The molecular formula is C15H23N3O3. The van der Waals surface area contributed by atoms with Gasteiger partial charge in [-0.3, -0.25) is 14.5 Å². The summed E-state index contributed by atoms with van der Waals surface area (Å²) >= 11 is 0. The molecular weight excluding hydrogens is 270 g/mol. The van der Waals surface area contributed by atoms with Gasteiger partial charge in [0.1, 0.15) is 5.76 Å². The van der Waals surface area contributed by atoms with Crippen molar-refractivity contribution in [2.75, 3.05) is 33.2 Å². The van der Waals surface area contributed by atoms with E-state index in [1.807, 2.05) is 12.1 Å². The van der Waals surface area contributed by atoms with Gasteiger partial charge >= 0.3 is 0 Å². The first-order valence-electron chi connectivity index (χ1n) is 7.34. The van der Waals surface area contributed by atoms with Crippen LogP contribution in [0.25, 0.3) is 0 Å². The molecule has 1 N–H and O–H groups in total. The van der Waals surface area contributed by atoms with E-state index in [9.17, 15) is 9.59 Å². The summed E-state index contributed by atoms with van der Waals surface area (Å²) in [5, 5.41) is 2.90. The van der Waals surface area contributed by atoms with Crippen molar-refractivity contribution in [2.24, 2.45) is 0 Å². The van der Waals surface area contributed by atoms with Crippen molar-refractivity contribution in [3.05, 3.63) is 24.2 Å². The smallest absolute Gasteiger partial charge is 0.239 e. The van der Waals surface area contributed by atoms with E-state index in [2.05, 4.69) is 10.2 Å². The second-order valence-corrected chi connectivity index (χ2v) is 5.45. The van der Waals surface area contributed by atoms with E-state index in [1.54, 1.807) is 13.3 Å². The van der Waals surface area contributed by atoms with Crippen molar-refractivity contribution in [1.82, 2.24) is 15.1 Å². The molecule has 6 heteroatoms. The van der Waals surface area contributed by atoms with E-state index in [-0.39, 0.29) is 24.4 Å². The molecule has 0 aliphatic carbocycles. The second kappa shape index (κ2) is 7.26. The lowest BCUT2D eigenvalue weighted by atomic mass is 10.2. The van der Waals surface area contributed by atoms with Crippen LogP contribution in [0.2, 0.25) is 0 Å². The predicted molar refractivity (Wildman–Crippen MR) is 78.6 cm³/mol. The van der Waals surface area contributed by atoms with Crippen LogP contribution >= 0.6 is 0 Å². The van der Waals surface area contributed by atoms with Gasteiger partial charge in [0.05, 0.1) is 18.8 Å². The quantitative estimate of drug-likeness (QED) is 0.850. The molecule has 116 valence electrons. The number of carbonyl (C=O) groups is 2. The molecule has 0 spiro atoms. The van der Waals surface area contributed by atoms with Gasteiger partial charge in [0.25, 0.3) is 0 Å². The monoisotopic (exact) mass is 293 g/mol. The third-order valence-corrected chi connectivity index (χ3v) is 3.86. The summed E-state index contributed by atoms with van der Waals surface area (Å²) in [6.45, 7) is 4.07. The molecule has 1 aromatic rings. The molecule has 21 heavy (non-hydrogen) atoms. The molecule has 2 amide bonds. The molecule has 0 radical (unpaired) electrons. The zero-order valence-electron chi connectivity index (χ0n) is 12.7. The third-order valence-electron chi connectivity index (χ3n) is 3.86. The van der Waals surface area contributed by atoms with E-state index < -0.39 is 0 Å². The zero-order valence-corrected chi connectivity index (χ0v) is 12.7. The SMILES string of the molecule is CC(=O)N(C)CC(=O)NC[C@H](c1ccco1)N1CCCC1. The first-order chi connectivity index (χ1) is 10.1. The largest absolute Gasteiger partial charge is 0.468 e. The average Bonchev–Trinajstić information content (AvgIpc) is 3.11. The van der Waals surface area contributed by atoms with Crippen LogP contribution in [0.5, 0.6) is 0 Å². The molecule has 1 aromatic heterocycles. The van der Waals surface area contributed by atoms with Crippen molar-refractivity contribution in [2.45, 2.75) is 25.8 Å². The molecule has 6 nitrogen and oxygen atoms in total. The fourth-order valence-electron chi connectivity index (χ4n) is 2.54. The van der Waals surface area contributed by atoms with E-state index in [4.69, 9.17) is 4.42 Å². The van der Waals surface area contributed by atoms with Crippen LogP contribution in [-0.4, -0.2) is 54.8 Å². The predicted octanol–water partition coefficient (Wildman–Crippen LogP) is 1.01. The Labute approximate surface area is 125 Å². The minimum absolute atomic E-state index is 0.0640. The van der Waals surface area contributed by atoms with Crippen molar-refractivity contribution in [3.8, 4) is 0 Å². The first kappa shape index (κ1) is 15.6. The molecule has 0 aromatic carbocycles. The van der Waals surface area contributed by atoms with Gasteiger partial charge in [0.15, 0.2) is 0 Å². The van der Waals surface area contributed by atoms with Crippen LogP contribution in [0, 0.1) is 0 Å². The number of furan rings is 1. The highest BCUT2D eigenvalue weighted by Crippen LogP contribution is 2.24. The number of hydrogen-bond donors (Lipinski definition) is 1. The normalized spacial score (nSPS) is 16.7. The standard InChI is InChI=1S/C15H23N3O3/c1-12(19)17(2)11-15(20)16-10-13(14-6-5-9-21-14)18-7-3-4-8-18/h5-6,9,13H,3-4,7-8,10-11H2,1-2H3,(H,16,20)/t13-/m1/s1. The lowest BCUT2D eigenvalue weighted by Crippen LogP contribution is -2.41. The highest BCUT2D eigenvalue weighted by Gasteiger charge is 2.26. The van der Waals surface area contributed by atoms with E-state index in [0.717, 1.165) is 18.8 Å². The number of hydrogen-bond acceptors (Lipinski definition) is 4. The molecule has 2 rings (SSSR count). The Morgan fingerprint density at radius 1 is 1.43 bits per heavy atom. The van der Waals surface area contributed by atoms with Gasteiger partial charge in [-0.25, -0.2) is 0 Å². The van der Waals surface area contributed by atoms with E-state index >= 15 is 0 Å². The maximum Gasteiger partial charge on any atom is 0.239 e. The molecule has 1 saturated heterocycles. The zero-order chi connectivity index (χ0) is 15.2. The Hall–Kier alpha value is -1.82. The number of likely N-dealkylation sites (N-methyl/N-ethyl adjacent to an activating group) is 1. The third kappa shape index (κ3) is 4.32. The summed E-state index contributed by atoms with van der Waals surface area (Å²) in [5.74, 6) is 0.604. The fraction of sp³-hybridized carbons (Fsp3) is 0.600. The second-order valence-electron chi connectivity index (χ2n) is 5.45. The first-order valence-corrected chi connectivity index (χ1v) is 7.34. The number of rotatable bonds is 6. The van der Waals surface area contributed by atoms with E-state index in [0.29, 0.717) is 6.54 Å². The fourth-order valence-corrected chi connectivity index (χ4v) is 2.54. The number of nitrogens with one attached hydrogen (secondary N) is 1. The van der Waals surface area contributed by atoms with Crippen molar-refractivity contribution >= 4 is 11.8 Å².